The summed E-state index contributed by atoms with van der Waals surface area (Å²) in [5.41, 5.74) is 4.15. The predicted octanol–water partition coefficient (Wildman–Crippen LogP) is 6.42. The molecule has 1 unspecified atom stereocenters. The standard InChI is InChI=1S/C21H32N2O/c1-7-10-11-16(8-2)18-14-17(20-23-22-15(4)24-20)12-13-19(18)21(5,6)9-3/h12-14,16H,7-11H2,1-6H3. The summed E-state index contributed by atoms with van der Waals surface area (Å²) in [6.07, 6.45) is 6.05. The van der Waals surface area contributed by atoms with E-state index >= 15 is 0 Å². The minimum Gasteiger partial charge on any atom is -0.421 e. The molecule has 0 aliphatic rings. The molecule has 2 rings (SSSR count). The van der Waals surface area contributed by atoms with Gasteiger partial charge >= 0.3 is 0 Å². The third kappa shape index (κ3) is 4.06. The van der Waals surface area contributed by atoms with Gasteiger partial charge in [-0.3, -0.25) is 0 Å². The fourth-order valence-electron chi connectivity index (χ4n) is 3.28. The van der Waals surface area contributed by atoms with Crippen molar-refractivity contribution in [1.82, 2.24) is 10.2 Å². The van der Waals surface area contributed by atoms with Crippen LogP contribution in [0.25, 0.3) is 11.5 Å². The summed E-state index contributed by atoms with van der Waals surface area (Å²) < 4.78 is 5.65. The monoisotopic (exact) mass is 328 g/mol. The fraction of sp³-hybridized carbons (Fsp3) is 0.619. The lowest BCUT2D eigenvalue weighted by atomic mass is 9.75. The summed E-state index contributed by atoms with van der Waals surface area (Å²) in [5.74, 6) is 1.83. The van der Waals surface area contributed by atoms with Gasteiger partial charge in [0, 0.05) is 12.5 Å². The zero-order chi connectivity index (χ0) is 17.7. The van der Waals surface area contributed by atoms with Crippen molar-refractivity contribution < 1.29 is 4.42 Å². The van der Waals surface area contributed by atoms with Crippen molar-refractivity contribution in [2.75, 3.05) is 0 Å². The topological polar surface area (TPSA) is 38.9 Å². The molecule has 0 saturated carbocycles. The van der Waals surface area contributed by atoms with Crippen molar-refractivity contribution in [2.24, 2.45) is 0 Å². The third-order valence-electron chi connectivity index (χ3n) is 5.28. The van der Waals surface area contributed by atoms with Crippen LogP contribution in [0.5, 0.6) is 0 Å². The molecule has 0 amide bonds. The minimum atomic E-state index is 0.179. The molecule has 3 heteroatoms. The van der Waals surface area contributed by atoms with Crippen LogP contribution in [0.2, 0.25) is 0 Å². The van der Waals surface area contributed by atoms with E-state index in [9.17, 15) is 0 Å². The summed E-state index contributed by atoms with van der Waals surface area (Å²) in [6.45, 7) is 13.4. The smallest absolute Gasteiger partial charge is 0.247 e. The first kappa shape index (κ1) is 18.7. The molecule has 1 aromatic carbocycles. The second kappa shape index (κ2) is 7.96. The van der Waals surface area contributed by atoms with Crippen molar-refractivity contribution in [1.29, 1.82) is 0 Å². The summed E-state index contributed by atoms with van der Waals surface area (Å²) in [6, 6.07) is 6.71. The maximum Gasteiger partial charge on any atom is 0.247 e. The Morgan fingerprint density at radius 2 is 1.88 bits per heavy atom. The normalized spacial score (nSPS) is 13.2. The molecule has 0 spiro atoms. The second-order valence-electron chi connectivity index (χ2n) is 7.41. The first-order valence-electron chi connectivity index (χ1n) is 9.37. The lowest BCUT2D eigenvalue weighted by Gasteiger charge is -2.30. The number of aryl methyl sites for hydroxylation is 1. The van der Waals surface area contributed by atoms with Gasteiger partial charge in [-0.25, -0.2) is 0 Å². The van der Waals surface area contributed by atoms with Crippen molar-refractivity contribution in [2.45, 2.75) is 85.0 Å². The summed E-state index contributed by atoms with van der Waals surface area (Å²) in [4.78, 5) is 0. The van der Waals surface area contributed by atoms with Gasteiger partial charge in [0.25, 0.3) is 0 Å². The highest BCUT2D eigenvalue weighted by Crippen LogP contribution is 2.38. The Morgan fingerprint density at radius 1 is 1.12 bits per heavy atom. The Balaban J connectivity index is 2.52. The van der Waals surface area contributed by atoms with E-state index in [1.54, 1.807) is 0 Å². The number of rotatable bonds is 8. The Kier molecular flexibility index (Phi) is 6.20. The van der Waals surface area contributed by atoms with E-state index in [-0.39, 0.29) is 5.41 Å². The van der Waals surface area contributed by atoms with E-state index in [0.29, 0.717) is 17.7 Å². The van der Waals surface area contributed by atoms with Crippen LogP contribution in [0.15, 0.2) is 22.6 Å². The zero-order valence-electron chi connectivity index (χ0n) is 16.1. The summed E-state index contributed by atoms with van der Waals surface area (Å²) in [7, 11) is 0. The predicted molar refractivity (Wildman–Crippen MR) is 100 cm³/mol. The van der Waals surface area contributed by atoms with Gasteiger partial charge in [0.15, 0.2) is 0 Å². The molecule has 1 aromatic heterocycles. The number of unbranched alkanes of at least 4 members (excludes halogenated alkanes) is 1. The maximum absolute atomic E-state index is 5.65. The molecule has 0 fully saturated rings. The van der Waals surface area contributed by atoms with Gasteiger partial charge in [0.05, 0.1) is 0 Å². The van der Waals surface area contributed by atoms with E-state index < -0.39 is 0 Å². The molecule has 1 heterocycles. The van der Waals surface area contributed by atoms with Crippen molar-refractivity contribution in [3.63, 3.8) is 0 Å². The average Bonchev–Trinajstić information content (AvgIpc) is 3.02. The number of nitrogens with zero attached hydrogens (tertiary/aromatic N) is 2. The molecular weight excluding hydrogens is 296 g/mol. The van der Waals surface area contributed by atoms with E-state index in [1.165, 1.54) is 36.8 Å². The van der Waals surface area contributed by atoms with Crippen molar-refractivity contribution in [3.05, 3.63) is 35.2 Å². The first-order valence-corrected chi connectivity index (χ1v) is 9.37. The van der Waals surface area contributed by atoms with Gasteiger partial charge in [-0.15, -0.1) is 10.2 Å². The van der Waals surface area contributed by atoms with Gasteiger partial charge < -0.3 is 4.42 Å². The first-order chi connectivity index (χ1) is 11.4. The van der Waals surface area contributed by atoms with Crippen molar-refractivity contribution in [3.8, 4) is 11.5 Å². The van der Waals surface area contributed by atoms with Crippen LogP contribution in [-0.2, 0) is 5.41 Å². The van der Waals surface area contributed by atoms with Crippen LogP contribution in [-0.4, -0.2) is 10.2 Å². The van der Waals surface area contributed by atoms with Gasteiger partial charge in [0.1, 0.15) is 0 Å². The molecule has 0 radical (unpaired) electrons. The largest absolute Gasteiger partial charge is 0.421 e. The molecule has 132 valence electrons. The SMILES string of the molecule is CCCCC(CC)c1cc(-c2nnc(C)o2)ccc1C(C)(C)CC. The lowest BCUT2D eigenvalue weighted by Crippen LogP contribution is -2.19. The molecule has 3 nitrogen and oxygen atoms in total. The summed E-state index contributed by atoms with van der Waals surface area (Å²) >= 11 is 0. The van der Waals surface area contributed by atoms with Crippen LogP contribution in [0, 0.1) is 6.92 Å². The quantitative estimate of drug-likeness (QED) is 0.561. The highest BCUT2D eigenvalue weighted by atomic mass is 16.4. The second-order valence-corrected chi connectivity index (χ2v) is 7.41. The Labute approximate surface area is 146 Å². The Hall–Kier alpha value is -1.64. The number of benzene rings is 1. The molecule has 0 aliphatic carbocycles. The molecule has 0 aliphatic heterocycles. The van der Waals surface area contributed by atoms with E-state index in [2.05, 4.69) is 63.0 Å². The number of aromatic nitrogens is 2. The van der Waals surface area contributed by atoms with Crippen LogP contribution >= 0.6 is 0 Å². The van der Waals surface area contributed by atoms with Crippen molar-refractivity contribution >= 4 is 0 Å². The van der Waals surface area contributed by atoms with Gasteiger partial charge in [-0.1, -0.05) is 53.5 Å². The third-order valence-corrected chi connectivity index (χ3v) is 5.28. The molecule has 0 bridgehead atoms. The lowest BCUT2D eigenvalue weighted by molar-refractivity contribution is 0.484. The molecule has 2 aromatic rings. The van der Waals surface area contributed by atoms with E-state index in [0.717, 1.165) is 12.0 Å². The Morgan fingerprint density at radius 3 is 2.42 bits per heavy atom. The fourth-order valence-corrected chi connectivity index (χ4v) is 3.28. The molecule has 1 atom stereocenters. The maximum atomic E-state index is 5.65. The highest BCUT2D eigenvalue weighted by molar-refractivity contribution is 5.57. The van der Waals surface area contributed by atoms with E-state index in [4.69, 9.17) is 4.42 Å². The highest BCUT2D eigenvalue weighted by Gasteiger charge is 2.25. The zero-order valence-corrected chi connectivity index (χ0v) is 16.1. The van der Waals surface area contributed by atoms with Gasteiger partial charge in [0.2, 0.25) is 11.8 Å². The van der Waals surface area contributed by atoms with Crippen LogP contribution < -0.4 is 0 Å². The van der Waals surface area contributed by atoms with Crippen LogP contribution in [0.1, 0.15) is 89.7 Å². The van der Waals surface area contributed by atoms with Gasteiger partial charge in [-0.05, 0) is 53.9 Å². The molecule has 24 heavy (non-hydrogen) atoms. The minimum absolute atomic E-state index is 0.179. The number of hydrogen-bond acceptors (Lipinski definition) is 3. The Bertz CT molecular complexity index is 658. The molecule has 0 N–H and O–H groups in total. The number of hydrogen-bond donors (Lipinski definition) is 0. The van der Waals surface area contributed by atoms with Crippen LogP contribution in [0.3, 0.4) is 0 Å². The van der Waals surface area contributed by atoms with Crippen LogP contribution in [0.4, 0.5) is 0 Å². The molecule has 0 saturated heterocycles. The molecular formula is C21H32N2O. The van der Waals surface area contributed by atoms with Gasteiger partial charge in [-0.2, -0.15) is 0 Å². The summed E-state index contributed by atoms with van der Waals surface area (Å²) in [5, 5.41) is 8.18. The average molecular weight is 329 g/mol. The van der Waals surface area contributed by atoms with E-state index in [1.807, 2.05) is 6.92 Å².